The largest absolute Gasteiger partial charge is 0.488 e. The van der Waals surface area contributed by atoms with E-state index in [1.54, 1.807) is 0 Å². The van der Waals surface area contributed by atoms with Gasteiger partial charge in [-0.3, -0.25) is 9.59 Å². The van der Waals surface area contributed by atoms with Crippen molar-refractivity contribution in [3.8, 4) is 0 Å². The molecule has 166 valence electrons. The Morgan fingerprint density at radius 2 is 1.07 bits per heavy atom. The lowest BCUT2D eigenvalue weighted by atomic mass is 9.85. The second-order valence-electron chi connectivity index (χ2n) is 9.17. The molecule has 0 aliphatic heterocycles. The topological polar surface area (TPSA) is 54.4 Å². The van der Waals surface area contributed by atoms with E-state index in [9.17, 15) is 14.7 Å². The van der Waals surface area contributed by atoms with Crippen molar-refractivity contribution in [3.05, 3.63) is 0 Å². The first-order valence-corrected chi connectivity index (χ1v) is 12.0. The van der Waals surface area contributed by atoms with Crippen molar-refractivity contribution >= 4 is 20.8 Å². The van der Waals surface area contributed by atoms with Gasteiger partial charge in [-0.05, 0) is 12.8 Å². The summed E-state index contributed by atoms with van der Waals surface area (Å²) in [6, 6.07) is 0. The van der Waals surface area contributed by atoms with E-state index in [2.05, 4.69) is 23.1 Å². The van der Waals surface area contributed by atoms with Crippen molar-refractivity contribution in [1.82, 2.24) is 0 Å². The molecular weight excluding hydrogens is 369 g/mol. The summed E-state index contributed by atoms with van der Waals surface area (Å²) in [7, 11) is 9.21. The van der Waals surface area contributed by atoms with Gasteiger partial charge in [-0.25, -0.2) is 0 Å². The molecule has 0 aliphatic carbocycles. The molecule has 0 rings (SSSR count). The van der Waals surface area contributed by atoms with Crippen LogP contribution in [0.3, 0.4) is 0 Å². The lowest BCUT2D eigenvalue weighted by Crippen LogP contribution is -2.63. The third-order valence-electron chi connectivity index (χ3n) is 5.54. The molecule has 5 heteroatoms. The number of likely N-dealkylation sites (N-methyl/N-ethyl adjacent to an activating group) is 1. The molecule has 0 fully saturated rings. The summed E-state index contributed by atoms with van der Waals surface area (Å²) in [4.78, 5) is 25.9. The SMILES string of the molecule is CCCCCCCCC(=O)C(O)(C(=O)CCCCCCCC)C([PH-])[N+](C)(C)C. The van der Waals surface area contributed by atoms with Crippen molar-refractivity contribution in [2.24, 2.45) is 0 Å². The maximum atomic E-state index is 12.9. The van der Waals surface area contributed by atoms with Crippen LogP contribution in [0.25, 0.3) is 0 Å². The fourth-order valence-electron chi connectivity index (χ4n) is 3.53. The van der Waals surface area contributed by atoms with Crippen LogP contribution in [0.2, 0.25) is 0 Å². The predicted octanol–water partition coefficient (Wildman–Crippen LogP) is 5.53. The number of unbranched alkanes of at least 4 members (excludes halogenated alkanes) is 10. The molecule has 0 saturated heterocycles. The molecule has 1 N–H and O–H groups in total. The average molecular weight is 416 g/mol. The number of hydrogen-bond donors (Lipinski definition) is 1. The van der Waals surface area contributed by atoms with Crippen molar-refractivity contribution in [1.29, 1.82) is 0 Å². The van der Waals surface area contributed by atoms with E-state index < -0.39 is 11.4 Å². The molecule has 1 unspecified atom stereocenters. The van der Waals surface area contributed by atoms with Gasteiger partial charge < -0.3 is 18.8 Å². The van der Waals surface area contributed by atoms with Crippen LogP contribution < -0.4 is 0 Å². The second kappa shape index (κ2) is 14.6. The summed E-state index contributed by atoms with van der Waals surface area (Å²) < 4.78 is 0.303. The molecule has 0 aromatic heterocycles. The predicted molar refractivity (Wildman–Crippen MR) is 121 cm³/mol. The highest BCUT2D eigenvalue weighted by atomic mass is 31.0. The molecule has 0 aliphatic rings. The quantitative estimate of drug-likeness (QED) is 0.139. The first-order chi connectivity index (χ1) is 13.1. The third kappa shape index (κ3) is 9.94. The van der Waals surface area contributed by atoms with Crippen LogP contribution >= 0.6 is 9.24 Å². The average Bonchev–Trinajstić information content (AvgIpc) is 2.64. The van der Waals surface area contributed by atoms with Gasteiger partial charge in [0, 0.05) is 18.6 Å². The Morgan fingerprint density at radius 1 is 0.750 bits per heavy atom. The van der Waals surface area contributed by atoms with E-state index in [1.165, 1.54) is 38.5 Å². The van der Waals surface area contributed by atoms with Gasteiger partial charge in [-0.1, -0.05) is 78.1 Å². The van der Waals surface area contributed by atoms with Gasteiger partial charge in [0.1, 0.15) is 0 Å². The molecule has 0 heterocycles. The Morgan fingerprint density at radius 3 is 1.39 bits per heavy atom. The molecule has 0 aromatic rings. The van der Waals surface area contributed by atoms with Crippen molar-refractivity contribution < 1.29 is 19.2 Å². The Labute approximate surface area is 176 Å². The summed E-state index contributed by atoms with van der Waals surface area (Å²) >= 11 is 0. The lowest BCUT2D eigenvalue weighted by molar-refractivity contribution is -0.885. The number of quaternary nitrogens is 1. The van der Waals surface area contributed by atoms with Crippen molar-refractivity contribution in [2.45, 2.75) is 115 Å². The number of carbonyl (C=O) groups is 2. The van der Waals surface area contributed by atoms with E-state index in [4.69, 9.17) is 0 Å². The molecule has 0 radical (unpaired) electrons. The van der Waals surface area contributed by atoms with Crippen molar-refractivity contribution in [2.75, 3.05) is 21.1 Å². The van der Waals surface area contributed by atoms with Gasteiger partial charge in [-0.15, -0.1) is 0 Å². The molecule has 0 aromatic carbocycles. The van der Waals surface area contributed by atoms with Gasteiger partial charge >= 0.3 is 0 Å². The molecular formula is C23H46NO3P. The zero-order chi connectivity index (χ0) is 21.6. The molecule has 0 amide bonds. The number of Topliss-reactive ketones (excluding diaryl/α,β-unsaturated/α-hetero) is 2. The Bertz CT molecular complexity index is 418. The smallest absolute Gasteiger partial charge is 0.204 e. The first kappa shape index (κ1) is 27.7. The van der Waals surface area contributed by atoms with Crippen LogP contribution in [0.15, 0.2) is 0 Å². The van der Waals surface area contributed by atoms with Gasteiger partial charge in [-0.2, -0.15) is 0 Å². The highest BCUT2D eigenvalue weighted by molar-refractivity contribution is 7.17. The zero-order valence-electron chi connectivity index (χ0n) is 19.2. The number of rotatable bonds is 18. The van der Waals surface area contributed by atoms with E-state index >= 15 is 0 Å². The maximum Gasteiger partial charge on any atom is 0.204 e. The molecule has 1 atom stereocenters. The standard InChI is InChI=1S/C23H46NO3P/c1-6-8-10-12-14-16-18-20(25)23(27,22(28)24(3,4)5)21(26)19-17-15-13-11-9-7-2/h22,27-28H,6-19H2,1-5H3. The van der Waals surface area contributed by atoms with E-state index in [0.717, 1.165) is 38.5 Å². The number of aliphatic hydroxyl groups is 1. The Balaban J connectivity index is 4.83. The van der Waals surface area contributed by atoms with Gasteiger partial charge in [0.05, 0.1) is 21.1 Å². The van der Waals surface area contributed by atoms with Gasteiger partial charge in [0.25, 0.3) is 0 Å². The zero-order valence-corrected chi connectivity index (χ0v) is 20.2. The summed E-state index contributed by atoms with van der Waals surface area (Å²) in [5, 5.41) is 11.3. The monoisotopic (exact) mass is 415 g/mol. The van der Waals surface area contributed by atoms with Crippen LogP contribution in [0.5, 0.6) is 0 Å². The maximum absolute atomic E-state index is 12.9. The highest BCUT2D eigenvalue weighted by Gasteiger charge is 2.48. The second-order valence-corrected chi connectivity index (χ2v) is 9.71. The van der Waals surface area contributed by atoms with Crippen LogP contribution in [-0.4, -0.2) is 53.7 Å². The van der Waals surface area contributed by atoms with Gasteiger partial charge in [0.15, 0.2) is 11.6 Å². The number of ketones is 2. The van der Waals surface area contributed by atoms with Crippen LogP contribution in [-0.2, 0) is 9.59 Å². The lowest BCUT2D eigenvalue weighted by Gasteiger charge is -2.46. The normalized spacial score (nSPS) is 13.5. The summed E-state index contributed by atoms with van der Waals surface area (Å²) in [5.41, 5.74) is -1.94. The van der Waals surface area contributed by atoms with Crippen LogP contribution in [0.4, 0.5) is 0 Å². The number of carbonyl (C=O) groups excluding carboxylic acids is 2. The number of hydrogen-bond acceptors (Lipinski definition) is 3. The number of nitrogens with zero attached hydrogens (tertiary/aromatic N) is 1. The summed E-state index contributed by atoms with van der Waals surface area (Å²) in [6.45, 7) is 4.36. The fourth-order valence-corrected chi connectivity index (χ4v) is 3.86. The molecule has 4 nitrogen and oxygen atoms in total. The van der Waals surface area contributed by atoms with E-state index in [-0.39, 0.29) is 24.4 Å². The first-order valence-electron chi connectivity index (χ1n) is 11.4. The molecule has 0 saturated carbocycles. The Kier molecular flexibility index (Phi) is 14.5. The minimum atomic E-state index is -1.94. The molecule has 28 heavy (non-hydrogen) atoms. The van der Waals surface area contributed by atoms with Gasteiger partial charge in [0.2, 0.25) is 5.60 Å². The highest BCUT2D eigenvalue weighted by Crippen LogP contribution is 2.30. The van der Waals surface area contributed by atoms with Crippen LogP contribution in [0.1, 0.15) is 104 Å². The van der Waals surface area contributed by atoms with Crippen molar-refractivity contribution in [3.63, 3.8) is 0 Å². The Hall–Kier alpha value is -0.310. The summed E-state index contributed by atoms with van der Waals surface area (Å²) in [5.74, 6) is -1.30. The third-order valence-corrected chi connectivity index (χ3v) is 6.73. The summed E-state index contributed by atoms with van der Waals surface area (Å²) in [6.07, 6.45) is 13.4. The van der Waals surface area contributed by atoms with E-state index in [1.807, 2.05) is 21.1 Å². The van der Waals surface area contributed by atoms with E-state index in [0.29, 0.717) is 4.48 Å². The fraction of sp³-hybridized carbons (Fsp3) is 0.913. The molecule has 0 spiro atoms. The minimum absolute atomic E-state index is 0.270. The minimum Gasteiger partial charge on any atom is -0.488 e. The molecule has 0 bridgehead atoms. The van der Waals surface area contributed by atoms with Crippen LogP contribution in [0, 0.1) is 0 Å².